The van der Waals surface area contributed by atoms with Gasteiger partial charge in [0, 0.05) is 6.07 Å². The molecular weight excluding hydrogens is 195 g/mol. The molecule has 1 aromatic heterocycles. The lowest BCUT2D eigenvalue weighted by Gasteiger charge is -1.99. The Balaban J connectivity index is 3.31. The van der Waals surface area contributed by atoms with E-state index in [4.69, 9.17) is 11.6 Å². The van der Waals surface area contributed by atoms with E-state index in [1.54, 1.807) is 4.98 Å². The number of alkyl halides is 2. The first kappa shape index (κ1) is 9.12. The highest BCUT2D eigenvalue weighted by atomic mass is 35.5. The smallest absolute Gasteiger partial charge is 0.278 e. The Hall–Kier alpha value is -0.970. The Kier molecular flexibility index (Phi) is 2.42. The molecule has 0 radical (unpaired) electrons. The molecule has 0 atom stereocenters. The average molecular weight is 198 g/mol. The van der Waals surface area contributed by atoms with Gasteiger partial charge in [-0.05, 0) is 0 Å². The Morgan fingerprint density at radius 3 is 2.50 bits per heavy atom. The van der Waals surface area contributed by atoms with Gasteiger partial charge in [0.05, 0.1) is 5.69 Å². The van der Waals surface area contributed by atoms with Gasteiger partial charge in [-0.15, -0.1) is 0 Å². The molecule has 0 bridgehead atoms. The molecule has 66 valence electrons. The average Bonchev–Trinajstić information content (AvgIpc) is 1.99. The summed E-state index contributed by atoms with van der Waals surface area (Å²) in [7, 11) is 0. The lowest BCUT2D eigenvalue weighted by molar-refractivity contribution is 0.145. The summed E-state index contributed by atoms with van der Waals surface area (Å²) in [5.41, 5.74) is -1.83. The van der Waals surface area contributed by atoms with Crippen LogP contribution in [0.4, 0.5) is 13.2 Å². The van der Waals surface area contributed by atoms with Crippen LogP contribution in [0.3, 0.4) is 0 Å². The van der Waals surface area contributed by atoms with Crippen molar-refractivity contribution in [1.29, 1.82) is 0 Å². The summed E-state index contributed by atoms with van der Waals surface area (Å²) in [6.07, 6.45) is -2.91. The maximum atomic E-state index is 12.5. The Labute approximate surface area is 70.0 Å². The van der Waals surface area contributed by atoms with Gasteiger partial charge >= 0.3 is 0 Å². The van der Waals surface area contributed by atoms with Crippen molar-refractivity contribution < 1.29 is 13.2 Å². The summed E-state index contributed by atoms with van der Waals surface area (Å²) in [6.45, 7) is 0. The van der Waals surface area contributed by atoms with Gasteiger partial charge < -0.3 is 4.98 Å². The predicted molar refractivity (Wildman–Crippen MR) is 37.0 cm³/mol. The van der Waals surface area contributed by atoms with Crippen LogP contribution in [0, 0.1) is 5.82 Å². The van der Waals surface area contributed by atoms with Crippen molar-refractivity contribution >= 4 is 11.6 Å². The van der Waals surface area contributed by atoms with Crippen molar-refractivity contribution in [3.8, 4) is 0 Å². The maximum Gasteiger partial charge on any atom is 0.278 e. The SMILES string of the molecule is O=c1[nH]c(C(F)F)cc(F)c1Cl. The zero-order valence-electron chi connectivity index (χ0n) is 5.57. The summed E-state index contributed by atoms with van der Waals surface area (Å²) in [5.74, 6) is -1.14. The highest BCUT2D eigenvalue weighted by molar-refractivity contribution is 6.30. The standard InChI is InChI=1S/C6H3ClF3NO/c7-4-2(8)1-3(5(9)10)11-6(4)12/h1,5H,(H,11,12). The normalized spacial score (nSPS) is 10.8. The summed E-state index contributed by atoms with van der Waals surface area (Å²) >= 11 is 5.09. The highest BCUT2D eigenvalue weighted by Gasteiger charge is 2.13. The molecule has 0 aliphatic heterocycles. The molecule has 0 aliphatic carbocycles. The Morgan fingerprint density at radius 1 is 1.50 bits per heavy atom. The van der Waals surface area contributed by atoms with Crippen LogP contribution < -0.4 is 5.56 Å². The van der Waals surface area contributed by atoms with Crippen molar-refractivity contribution in [1.82, 2.24) is 4.98 Å². The van der Waals surface area contributed by atoms with Crippen molar-refractivity contribution in [2.24, 2.45) is 0 Å². The third-order valence-electron chi connectivity index (χ3n) is 1.18. The second-order valence-corrected chi connectivity index (χ2v) is 2.39. The fraction of sp³-hybridized carbons (Fsp3) is 0.167. The van der Waals surface area contributed by atoms with Gasteiger partial charge in [-0.1, -0.05) is 11.6 Å². The van der Waals surface area contributed by atoms with Crippen LogP contribution in [0.5, 0.6) is 0 Å². The minimum atomic E-state index is -2.91. The lowest BCUT2D eigenvalue weighted by Crippen LogP contribution is -2.11. The van der Waals surface area contributed by atoms with Crippen molar-refractivity contribution in [3.05, 3.63) is 33.0 Å². The fourth-order valence-electron chi connectivity index (χ4n) is 0.648. The zero-order chi connectivity index (χ0) is 9.30. The molecule has 0 spiro atoms. The molecule has 1 rings (SSSR count). The number of H-pyrrole nitrogens is 1. The first-order chi connectivity index (χ1) is 5.52. The van der Waals surface area contributed by atoms with Gasteiger partial charge in [0.15, 0.2) is 0 Å². The molecule has 2 nitrogen and oxygen atoms in total. The van der Waals surface area contributed by atoms with E-state index >= 15 is 0 Å². The summed E-state index contributed by atoms with van der Waals surface area (Å²) in [4.78, 5) is 12.3. The van der Waals surface area contributed by atoms with E-state index in [0.29, 0.717) is 6.07 Å². The number of aromatic amines is 1. The first-order valence-electron chi connectivity index (χ1n) is 2.88. The molecule has 1 aromatic rings. The summed E-state index contributed by atoms with van der Waals surface area (Å²) in [5, 5.41) is -0.709. The largest absolute Gasteiger partial charge is 0.320 e. The van der Waals surface area contributed by atoms with E-state index in [9.17, 15) is 18.0 Å². The number of halogens is 4. The van der Waals surface area contributed by atoms with Crippen molar-refractivity contribution in [3.63, 3.8) is 0 Å². The van der Waals surface area contributed by atoms with E-state index in [1.807, 2.05) is 0 Å². The van der Waals surface area contributed by atoms with Gasteiger partial charge in [0.25, 0.3) is 12.0 Å². The molecule has 0 aromatic carbocycles. The third-order valence-corrected chi connectivity index (χ3v) is 1.54. The molecule has 6 heteroatoms. The van der Waals surface area contributed by atoms with Crippen LogP contribution in [0.1, 0.15) is 12.1 Å². The van der Waals surface area contributed by atoms with Crippen LogP contribution >= 0.6 is 11.6 Å². The second-order valence-electron chi connectivity index (χ2n) is 2.02. The van der Waals surface area contributed by atoms with Gasteiger partial charge in [-0.25, -0.2) is 13.2 Å². The molecule has 0 fully saturated rings. The van der Waals surface area contributed by atoms with Crippen LogP contribution in [0.2, 0.25) is 5.02 Å². The minimum absolute atomic E-state index is 0.494. The lowest BCUT2D eigenvalue weighted by atomic mass is 10.3. The van der Waals surface area contributed by atoms with Gasteiger partial charge in [0.1, 0.15) is 10.8 Å². The van der Waals surface area contributed by atoms with Crippen LogP contribution in [0.15, 0.2) is 10.9 Å². The molecule has 0 aliphatic rings. The van der Waals surface area contributed by atoms with Crippen LogP contribution in [-0.4, -0.2) is 4.98 Å². The maximum absolute atomic E-state index is 12.5. The van der Waals surface area contributed by atoms with E-state index in [2.05, 4.69) is 0 Å². The zero-order valence-corrected chi connectivity index (χ0v) is 6.33. The van der Waals surface area contributed by atoms with E-state index < -0.39 is 28.5 Å². The number of pyridine rings is 1. The molecule has 0 saturated heterocycles. The Morgan fingerprint density at radius 2 is 2.08 bits per heavy atom. The number of nitrogens with one attached hydrogen (secondary N) is 1. The molecular formula is C6H3ClF3NO. The third kappa shape index (κ3) is 1.61. The van der Waals surface area contributed by atoms with Gasteiger partial charge in [-0.2, -0.15) is 0 Å². The van der Waals surface area contributed by atoms with Gasteiger partial charge in [0.2, 0.25) is 0 Å². The number of rotatable bonds is 1. The van der Waals surface area contributed by atoms with Crippen LogP contribution in [-0.2, 0) is 0 Å². The predicted octanol–water partition coefficient (Wildman–Crippen LogP) is 2.10. The topological polar surface area (TPSA) is 32.9 Å². The first-order valence-corrected chi connectivity index (χ1v) is 3.26. The second kappa shape index (κ2) is 3.18. The van der Waals surface area contributed by atoms with E-state index in [0.717, 1.165) is 0 Å². The molecule has 12 heavy (non-hydrogen) atoms. The highest BCUT2D eigenvalue weighted by Crippen LogP contribution is 2.17. The molecule has 1 N–H and O–H groups in total. The summed E-state index contributed by atoms with van der Waals surface area (Å²) < 4.78 is 36.3. The summed E-state index contributed by atoms with van der Waals surface area (Å²) in [6, 6.07) is 0.494. The van der Waals surface area contributed by atoms with E-state index in [-0.39, 0.29) is 0 Å². The molecule has 1 heterocycles. The van der Waals surface area contributed by atoms with Gasteiger partial charge in [-0.3, -0.25) is 4.79 Å². The monoisotopic (exact) mass is 197 g/mol. The van der Waals surface area contributed by atoms with Crippen molar-refractivity contribution in [2.45, 2.75) is 6.43 Å². The Bertz CT molecular complexity index is 349. The number of aromatic nitrogens is 1. The van der Waals surface area contributed by atoms with E-state index in [1.165, 1.54) is 0 Å². The van der Waals surface area contributed by atoms with Crippen LogP contribution in [0.25, 0.3) is 0 Å². The number of hydrogen-bond acceptors (Lipinski definition) is 1. The quantitative estimate of drug-likeness (QED) is 0.735. The molecule has 0 amide bonds. The van der Waals surface area contributed by atoms with Crippen molar-refractivity contribution in [2.75, 3.05) is 0 Å². The molecule has 0 saturated carbocycles. The fourth-order valence-corrected chi connectivity index (χ4v) is 0.750. The minimum Gasteiger partial charge on any atom is -0.320 e. The number of hydrogen-bond donors (Lipinski definition) is 1. The molecule has 0 unspecified atom stereocenters.